The van der Waals surface area contributed by atoms with E-state index in [4.69, 9.17) is 11.6 Å². The van der Waals surface area contributed by atoms with E-state index in [1.165, 1.54) is 0 Å². The van der Waals surface area contributed by atoms with Gasteiger partial charge in [-0.2, -0.15) is 5.10 Å². The Kier molecular flexibility index (Phi) is 3.33. The summed E-state index contributed by atoms with van der Waals surface area (Å²) in [4.78, 5) is 18.2. The lowest BCUT2D eigenvalue weighted by atomic mass is 10.2. The van der Waals surface area contributed by atoms with Crippen LogP contribution in [0.5, 0.6) is 0 Å². The van der Waals surface area contributed by atoms with E-state index in [-0.39, 0.29) is 16.7 Å². The number of para-hydroxylation sites is 1. The van der Waals surface area contributed by atoms with Crippen LogP contribution in [0.4, 0.5) is 5.69 Å². The van der Waals surface area contributed by atoms with Crippen LogP contribution >= 0.6 is 11.6 Å². The normalized spacial score (nSPS) is 10.5. The van der Waals surface area contributed by atoms with E-state index in [9.17, 15) is 10.1 Å². The van der Waals surface area contributed by atoms with Crippen molar-refractivity contribution in [3.05, 3.63) is 64.2 Å². The highest BCUT2D eigenvalue weighted by atomic mass is 35.5. The second-order valence-electron chi connectivity index (χ2n) is 4.09. The lowest BCUT2D eigenvalue weighted by Crippen LogP contribution is -2.03. The molecule has 0 N–H and O–H groups in total. The fraction of sp³-hybridized carbons (Fsp3) is 0. The highest BCUT2D eigenvalue weighted by molar-refractivity contribution is 6.28. The average Bonchev–Trinajstić information content (AvgIpc) is 2.97. The number of aromatic nitrogens is 4. The zero-order valence-corrected chi connectivity index (χ0v) is 11.3. The van der Waals surface area contributed by atoms with Crippen LogP contribution in [-0.2, 0) is 0 Å². The maximum absolute atomic E-state index is 11.1. The largest absolute Gasteiger partial charge is 0.315 e. The van der Waals surface area contributed by atoms with Gasteiger partial charge in [-0.05, 0) is 29.8 Å². The van der Waals surface area contributed by atoms with E-state index >= 15 is 0 Å². The van der Waals surface area contributed by atoms with Crippen LogP contribution in [0, 0.1) is 10.1 Å². The molecule has 3 rings (SSSR count). The van der Waals surface area contributed by atoms with Gasteiger partial charge in [-0.15, -0.1) is 0 Å². The molecular weight excluding hydrogens is 294 g/mol. The smallest absolute Gasteiger partial charge is 0.258 e. The van der Waals surface area contributed by atoms with Gasteiger partial charge in [-0.1, -0.05) is 18.2 Å². The molecule has 0 saturated carbocycles. The van der Waals surface area contributed by atoms with Crippen molar-refractivity contribution in [2.24, 2.45) is 0 Å². The maximum Gasteiger partial charge on any atom is 0.315 e. The molecule has 0 unspecified atom stereocenters. The zero-order chi connectivity index (χ0) is 14.8. The molecule has 0 radical (unpaired) electrons. The highest BCUT2D eigenvalue weighted by Crippen LogP contribution is 2.29. The van der Waals surface area contributed by atoms with Crippen LogP contribution in [0.1, 0.15) is 0 Å². The molecule has 8 heteroatoms. The first-order valence-corrected chi connectivity index (χ1v) is 6.31. The summed E-state index contributed by atoms with van der Waals surface area (Å²) in [6.45, 7) is 0. The Balaban J connectivity index is 2.21. The molecule has 3 aromatic rings. The van der Waals surface area contributed by atoms with Crippen LogP contribution in [0.15, 0.2) is 48.8 Å². The van der Waals surface area contributed by atoms with E-state index in [2.05, 4.69) is 15.1 Å². The van der Waals surface area contributed by atoms with Gasteiger partial charge < -0.3 is 0 Å². The average molecular weight is 302 g/mol. The van der Waals surface area contributed by atoms with Crippen LogP contribution in [0.25, 0.3) is 17.1 Å². The molecule has 2 aromatic heterocycles. The highest BCUT2D eigenvalue weighted by Gasteiger charge is 2.22. The second kappa shape index (κ2) is 5.29. The van der Waals surface area contributed by atoms with Crippen LogP contribution in [0.2, 0.25) is 5.28 Å². The zero-order valence-electron chi connectivity index (χ0n) is 10.5. The second-order valence-corrected chi connectivity index (χ2v) is 4.43. The molecule has 0 aliphatic carbocycles. The third-order valence-electron chi connectivity index (χ3n) is 2.82. The van der Waals surface area contributed by atoms with E-state index in [0.717, 1.165) is 11.9 Å². The molecule has 2 heterocycles. The summed E-state index contributed by atoms with van der Waals surface area (Å²) in [5, 5.41) is 15.3. The van der Waals surface area contributed by atoms with Crippen molar-refractivity contribution >= 4 is 17.3 Å². The van der Waals surface area contributed by atoms with E-state index in [0.29, 0.717) is 5.69 Å². The van der Waals surface area contributed by atoms with Crippen molar-refractivity contribution in [1.82, 2.24) is 19.7 Å². The van der Waals surface area contributed by atoms with Gasteiger partial charge in [0.05, 0.1) is 22.5 Å². The molecule has 0 fully saturated rings. The summed E-state index contributed by atoms with van der Waals surface area (Å²) in [5.74, 6) is 0. The number of benzene rings is 1. The molecule has 0 aliphatic rings. The predicted octanol–water partition coefficient (Wildman–Crippen LogP) is 2.89. The molecule has 0 amide bonds. The summed E-state index contributed by atoms with van der Waals surface area (Å²) >= 11 is 5.76. The van der Waals surface area contributed by atoms with Crippen molar-refractivity contribution in [1.29, 1.82) is 0 Å². The predicted molar refractivity (Wildman–Crippen MR) is 76.3 cm³/mol. The molecular formula is C13H8ClN5O2. The molecule has 1 aromatic carbocycles. The van der Waals surface area contributed by atoms with Gasteiger partial charge in [0, 0.05) is 0 Å². The van der Waals surface area contributed by atoms with Crippen molar-refractivity contribution in [3.63, 3.8) is 0 Å². The Hall–Kier alpha value is -2.80. The van der Waals surface area contributed by atoms with Crippen molar-refractivity contribution < 1.29 is 4.92 Å². The quantitative estimate of drug-likeness (QED) is 0.422. The summed E-state index contributed by atoms with van der Waals surface area (Å²) < 4.78 is 1.56. The number of hydrogen-bond donors (Lipinski definition) is 0. The van der Waals surface area contributed by atoms with Crippen LogP contribution < -0.4 is 0 Å². The van der Waals surface area contributed by atoms with Gasteiger partial charge in [-0.25, -0.2) is 14.6 Å². The lowest BCUT2D eigenvalue weighted by molar-refractivity contribution is -0.384. The van der Waals surface area contributed by atoms with E-state index in [1.54, 1.807) is 16.9 Å². The first kappa shape index (κ1) is 13.2. The SMILES string of the molecule is O=[N+]([O-])c1cnc(Cl)nc1-c1ccnn1-c1ccccc1. The third-order valence-corrected chi connectivity index (χ3v) is 3.00. The minimum Gasteiger partial charge on any atom is -0.258 e. The van der Waals surface area contributed by atoms with Crippen molar-refractivity contribution in [2.75, 3.05) is 0 Å². The maximum atomic E-state index is 11.1. The fourth-order valence-corrected chi connectivity index (χ4v) is 2.07. The van der Waals surface area contributed by atoms with Crippen molar-refractivity contribution in [2.45, 2.75) is 0 Å². The van der Waals surface area contributed by atoms with E-state index < -0.39 is 4.92 Å². The lowest BCUT2D eigenvalue weighted by Gasteiger charge is -2.07. The standard InChI is InChI=1S/C13H8ClN5O2/c14-13-15-8-11(19(20)21)12(17-13)10-6-7-16-18(10)9-4-2-1-3-5-9/h1-8H. The number of halogens is 1. The number of nitrogens with zero attached hydrogens (tertiary/aromatic N) is 5. The number of nitro groups is 1. The minimum absolute atomic E-state index is 0.0589. The van der Waals surface area contributed by atoms with Gasteiger partial charge in [0.25, 0.3) is 0 Å². The molecule has 7 nitrogen and oxygen atoms in total. The molecule has 0 atom stereocenters. The minimum atomic E-state index is -0.548. The molecule has 104 valence electrons. The molecule has 0 spiro atoms. The van der Waals surface area contributed by atoms with Gasteiger partial charge >= 0.3 is 5.69 Å². The number of hydrogen-bond acceptors (Lipinski definition) is 5. The van der Waals surface area contributed by atoms with Crippen molar-refractivity contribution in [3.8, 4) is 17.1 Å². The fourth-order valence-electron chi connectivity index (χ4n) is 1.93. The summed E-state index contributed by atoms with van der Waals surface area (Å²) in [7, 11) is 0. The summed E-state index contributed by atoms with van der Waals surface area (Å²) in [5.41, 5.74) is 1.14. The molecule has 0 aliphatic heterocycles. The van der Waals surface area contributed by atoms with E-state index in [1.807, 2.05) is 30.3 Å². The number of rotatable bonds is 3. The molecule has 0 bridgehead atoms. The first-order chi connectivity index (χ1) is 10.2. The molecule has 0 saturated heterocycles. The molecule has 21 heavy (non-hydrogen) atoms. The Morgan fingerprint density at radius 2 is 1.95 bits per heavy atom. The van der Waals surface area contributed by atoms with Gasteiger partial charge in [-0.3, -0.25) is 10.1 Å². The Morgan fingerprint density at radius 1 is 1.19 bits per heavy atom. The summed E-state index contributed by atoms with van der Waals surface area (Å²) in [6.07, 6.45) is 2.63. The van der Waals surface area contributed by atoms with Gasteiger partial charge in [0.1, 0.15) is 6.20 Å². The van der Waals surface area contributed by atoms with Crippen LogP contribution in [-0.4, -0.2) is 24.7 Å². The van der Waals surface area contributed by atoms with Gasteiger partial charge in [0.15, 0.2) is 5.69 Å². The third kappa shape index (κ3) is 2.46. The van der Waals surface area contributed by atoms with Crippen LogP contribution in [0.3, 0.4) is 0 Å². The Bertz CT molecular complexity index is 803. The van der Waals surface area contributed by atoms with Gasteiger partial charge in [0.2, 0.25) is 5.28 Å². The Labute approximate surface area is 124 Å². The first-order valence-electron chi connectivity index (χ1n) is 5.93. The summed E-state index contributed by atoms with van der Waals surface area (Å²) in [6, 6.07) is 10.9. The Morgan fingerprint density at radius 3 is 2.67 bits per heavy atom. The monoisotopic (exact) mass is 301 g/mol. The topological polar surface area (TPSA) is 86.7 Å².